The van der Waals surface area contributed by atoms with Crippen molar-refractivity contribution in [2.75, 3.05) is 13.1 Å². The Balaban J connectivity index is 0.00000110. The average Bonchev–Trinajstić information content (AvgIpc) is 2.71. The van der Waals surface area contributed by atoms with Crippen LogP contribution in [-0.2, 0) is 11.2 Å². The van der Waals surface area contributed by atoms with E-state index in [9.17, 15) is 4.79 Å². The molecule has 2 aliphatic rings. The maximum Gasteiger partial charge on any atom is 0.223 e. The highest BCUT2D eigenvalue weighted by atomic mass is 35.5. The second kappa shape index (κ2) is 8.57. The zero-order valence-electron chi connectivity index (χ0n) is 12.0. The lowest BCUT2D eigenvalue weighted by Gasteiger charge is -2.28. The number of rotatable bonds is 3. The van der Waals surface area contributed by atoms with Crippen molar-refractivity contribution in [1.29, 1.82) is 0 Å². The molecule has 1 N–H and O–H groups in total. The minimum atomic E-state index is 0. The van der Waals surface area contributed by atoms with Crippen molar-refractivity contribution >= 4 is 30.7 Å². The third-order valence-electron chi connectivity index (χ3n) is 4.32. The van der Waals surface area contributed by atoms with Crippen molar-refractivity contribution in [2.45, 2.75) is 44.2 Å². The number of hydrogen-bond acceptors (Lipinski definition) is 3. The fourth-order valence-corrected chi connectivity index (χ4v) is 3.32. The predicted molar refractivity (Wildman–Crippen MR) is 88.2 cm³/mol. The number of carbonyl (C=O) groups is 1. The van der Waals surface area contributed by atoms with Crippen molar-refractivity contribution in [2.24, 2.45) is 0 Å². The quantitative estimate of drug-likeness (QED) is 0.923. The fraction of sp³-hybridized carbons (Fsp3) is 0.600. The molecule has 2 atom stereocenters. The molecular weight excluding hydrogens is 309 g/mol. The molecule has 0 aromatic carbocycles. The SMILES string of the molecule is Cl.Cl.O=C(CCc1ccncc1)N1C2CCNCC1CC2. The molecule has 118 valence electrons. The van der Waals surface area contributed by atoms with Crippen LogP contribution in [0.2, 0.25) is 0 Å². The van der Waals surface area contributed by atoms with E-state index in [0.717, 1.165) is 25.9 Å². The zero-order chi connectivity index (χ0) is 13.1. The number of pyridine rings is 1. The molecule has 21 heavy (non-hydrogen) atoms. The Morgan fingerprint density at radius 2 is 1.90 bits per heavy atom. The van der Waals surface area contributed by atoms with Crippen molar-refractivity contribution in [1.82, 2.24) is 15.2 Å². The number of aromatic nitrogens is 1. The van der Waals surface area contributed by atoms with E-state index in [1.165, 1.54) is 18.4 Å². The van der Waals surface area contributed by atoms with Gasteiger partial charge in [-0.25, -0.2) is 0 Å². The Kier molecular flexibility index (Phi) is 7.43. The van der Waals surface area contributed by atoms with Gasteiger partial charge in [-0.15, -0.1) is 24.8 Å². The van der Waals surface area contributed by atoms with E-state index >= 15 is 0 Å². The maximum atomic E-state index is 12.5. The number of carbonyl (C=O) groups excluding carboxylic acids is 1. The van der Waals surface area contributed by atoms with Crippen LogP contribution < -0.4 is 5.32 Å². The standard InChI is InChI=1S/C15H21N3O.2ClH/c19-15(4-1-12-5-8-16-9-6-12)18-13-2-3-14(18)11-17-10-7-13;;/h5-6,8-9,13-14,17H,1-4,7,10-11H2;2*1H. The van der Waals surface area contributed by atoms with Crippen LogP contribution in [0.4, 0.5) is 0 Å². The molecule has 0 saturated carbocycles. The van der Waals surface area contributed by atoms with E-state index in [0.29, 0.717) is 24.4 Å². The molecule has 3 heterocycles. The summed E-state index contributed by atoms with van der Waals surface area (Å²) in [7, 11) is 0. The lowest BCUT2D eigenvalue weighted by atomic mass is 10.1. The van der Waals surface area contributed by atoms with E-state index in [4.69, 9.17) is 0 Å². The van der Waals surface area contributed by atoms with E-state index < -0.39 is 0 Å². The molecule has 0 spiro atoms. The number of hydrogen-bond donors (Lipinski definition) is 1. The molecule has 0 radical (unpaired) electrons. The van der Waals surface area contributed by atoms with Gasteiger partial charge in [0.15, 0.2) is 0 Å². The van der Waals surface area contributed by atoms with Gasteiger partial charge < -0.3 is 10.2 Å². The Labute approximate surface area is 138 Å². The normalized spacial score (nSPS) is 23.7. The van der Waals surface area contributed by atoms with Crippen molar-refractivity contribution < 1.29 is 4.79 Å². The molecule has 2 bridgehead atoms. The van der Waals surface area contributed by atoms with E-state index in [2.05, 4.69) is 15.2 Å². The summed E-state index contributed by atoms with van der Waals surface area (Å²) < 4.78 is 0. The third-order valence-corrected chi connectivity index (χ3v) is 4.32. The Morgan fingerprint density at radius 1 is 1.19 bits per heavy atom. The number of halogens is 2. The highest BCUT2D eigenvalue weighted by molar-refractivity contribution is 5.85. The monoisotopic (exact) mass is 331 g/mol. The topological polar surface area (TPSA) is 45.2 Å². The summed E-state index contributed by atoms with van der Waals surface area (Å²) in [6.07, 6.45) is 8.49. The summed E-state index contributed by atoms with van der Waals surface area (Å²) in [4.78, 5) is 18.6. The van der Waals surface area contributed by atoms with Crippen LogP contribution in [0.3, 0.4) is 0 Å². The highest BCUT2D eigenvalue weighted by Gasteiger charge is 2.37. The first-order valence-corrected chi connectivity index (χ1v) is 7.25. The zero-order valence-corrected chi connectivity index (χ0v) is 13.7. The molecule has 1 aromatic heterocycles. The largest absolute Gasteiger partial charge is 0.335 e. The summed E-state index contributed by atoms with van der Waals surface area (Å²) >= 11 is 0. The first-order chi connectivity index (χ1) is 9.34. The second-order valence-corrected chi connectivity index (χ2v) is 5.53. The lowest BCUT2D eigenvalue weighted by molar-refractivity contribution is -0.133. The number of nitrogens with one attached hydrogen (secondary N) is 1. The van der Waals surface area contributed by atoms with Crippen LogP contribution in [0.25, 0.3) is 0 Å². The molecule has 2 aliphatic heterocycles. The van der Waals surface area contributed by atoms with Gasteiger partial charge in [0, 0.05) is 37.4 Å². The summed E-state index contributed by atoms with van der Waals surface area (Å²) in [5.74, 6) is 0.327. The molecule has 6 heteroatoms. The molecule has 0 aliphatic carbocycles. The van der Waals surface area contributed by atoms with E-state index in [1.807, 2.05) is 12.1 Å². The first kappa shape index (κ1) is 18.2. The second-order valence-electron chi connectivity index (χ2n) is 5.53. The summed E-state index contributed by atoms with van der Waals surface area (Å²) in [6.45, 7) is 2.02. The van der Waals surface area contributed by atoms with Crippen LogP contribution in [0.5, 0.6) is 0 Å². The molecule has 2 fully saturated rings. The molecule has 2 unspecified atom stereocenters. The Bertz CT molecular complexity index is 430. The number of fused-ring (bicyclic) bond motifs is 2. The van der Waals surface area contributed by atoms with Gasteiger partial charge in [0.1, 0.15) is 0 Å². The van der Waals surface area contributed by atoms with Gasteiger partial charge in [0.05, 0.1) is 0 Å². The number of aryl methyl sites for hydroxylation is 1. The summed E-state index contributed by atoms with van der Waals surface area (Å²) in [5.41, 5.74) is 1.20. The van der Waals surface area contributed by atoms with Gasteiger partial charge in [-0.2, -0.15) is 0 Å². The molecular formula is C15H23Cl2N3O. The number of amides is 1. The lowest BCUT2D eigenvalue weighted by Crippen LogP contribution is -2.42. The fourth-order valence-electron chi connectivity index (χ4n) is 3.32. The van der Waals surface area contributed by atoms with Crippen molar-refractivity contribution in [3.05, 3.63) is 30.1 Å². The maximum absolute atomic E-state index is 12.5. The summed E-state index contributed by atoms with van der Waals surface area (Å²) in [6, 6.07) is 4.89. The number of nitrogens with zero attached hydrogens (tertiary/aromatic N) is 2. The molecule has 4 nitrogen and oxygen atoms in total. The van der Waals surface area contributed by atoms with Gasteiger partial charge >= 0.3 is 0 Å². The van der Waals surface area contributed by atoms with Gasteiger partial charge in [0.25, 0.3) is 0 Å². The predicted octanol–water partition coefficient (Wildman–Crippen LogP) is 2.21. The molecule has 2 saturated heterocycles. The van der Waals surface area contributed by atoms with Crippen LogP contribution in [0, 0.1) is 0 Å². The molecule has 3 rings (SSSR count). The van der Waals surface area contributed by atoms with Crippen LogP contribution in [0.15, 0.2) is 24.5 Å². The minimum absolute atomic E-state index is 0. The highest BCUT2D eigenvalue weighted by Crippen LogP contribution is 2.28. The Hall–Kier alpha value is -0.840. The molecule has 1 aromatic rings. The van der Waals surface area contributed by atoms with Crippen LogP contribution >= 0.6 is 24.8 Å². The Morgan fingerprint density at radius 3 is 2.67 bits per heavy atom. The van der Waals surface area contributed by atoms with Crippen LogP contribution in [-0.4, -0.2) is 41.0 Å². The average molecular weight is 332 g/mol. The van der Waals surface area contributed by atoms with Crippen LogP contribution in [0.1, 0.15) is 31.2 Å². The minimum Gasteiger partial charge on any atom is -0.335 e. The van der Waals surface area contributed by atoms with Gasteiger partial charge in [0.2, 0.25) is 5.91 Å². The van der Waals surface area contributed by atoms with Gasteiger partial charge in [-0.3, -0.25) is 9.78 Å². The van der Waals surface area contributed by atoms with E-state index in [1.54, 1.807) is 12.4 Å². The van der Waals surface area contributed by atoms with E-state index in [-0.39, 0.29) is 24.8 Å². The van der Waals surface area contributed by atoms with Crippen molar-refractivity contribution in [3.8, 4) is 0 Å². The molecule has 1 amide bonds. The smallest absolute Gasteiger partial charge is 0.223 e. The first-order valence-electron chi connectivity index (χ1n) is 7.25. The van der Waals surface area contributed by atoms with Gasteiger partial charge in [-0.05, 0) is 49.9 Å². The third kappa shape index (κ3) is 4.31. The van der Waals surface area contributed by atoms with Crippen molar-refractivity contribution in [3.63, 3.8) is 0 Å². The van der Waals surface area contributed by atoms with Gasteiger partial charge in [-0.1, -0.05) is 0 Å². The summed E-state index contributed by atoms with van der Waals surface area (Å²) in [5, 5.41) is 3.44.